The van der Waals surface area contributed by atoms with Gasteiger partial charge in [-0.25, -0.2) is 0 Å². The summed E-state index contributed by atoms with van der Waals surface area (Å²) < 4.78 is 11.5. The van der Waals surface area contributed by atoms with Crippen molar-refractivity contribution in [2.45, 2.75) is 12.8 Å². The molecular formula is C13H18ClNO3S. The third-order valence-electron chi connectivity index (χ3n) is 2.93. The molecule has 1 atom stereocenters. The van der Waals surface area contributed by atoms with E-state index in [2.05, 4.69) is 5.32 Å². The zero-order valence-electron chi connectivity index (χ0n) is 10.7. The highest BCUT2D eigenvalue weighted by molar-refractivity contribution is 7.17. The van der Waals surface area contributed by atoms with Crippen molar-refractivity contribution in [2.75, 3.05) is 33.0 Å². The number of hydrogen-bond donors (Lipinski definition) is 1. The van der Waals surface area contributed by atoms with Gasteiger partial charge in [-0.1, -0.05) is 11.6 Å². The molecule has 0 radical (unpaired) electrons. The topological polar surface area (TPSA) is 47.6 Å². The minimum atomic E-state index is -0.0684. The Hall–Kier alpha value is -0.620. The van der Waals surface area contributed by atoms with Crippen LogP contribution in [0.25, 0.3) is 0 Å². The van der Waals surface area contributed by atoms with Crippen LogP contribution in [0.5, 0.6) is 0 Å². The average Bonchev–Trinajstić information content (AvgIpc) is 3.04. The molecule has 2 heterocycles. The second-order valence-corrected chi connectivity index (χ2v) is 6.23. The second-order valence-electron chi connectivity index (χ2n) is 4.52. The van der Waals surface area contributed by atoms with Crippen LogP contribution in [0.1, 0.15) is 22.5 Å². The van der Waals surface area contributed by atoms with Gasteiger partial charge in [0.15, 0.2) is 0 Å². The third-order valence-corrected chi connectivity index (χ3v) is 4.16. The molecule has 1 aliphatic heterocycles. The zero-order valence-corrected chi connectivity index (χ0v) is 12.3. The molecule has 0 bridgehead atoms. The molecule has 1 N–H and O–H groups in total. The molecule has 2 rings (SSSR count). The van der Waals surface area contributed by atoms with Crippen molar-refractivity contribution < 1.29 is 14.3 Å². The molecule has 6 heteroatoms. The van der Waals surface area contributed by atoms with Crippen molar-refractivity contribution in [1.29, 1.82) is 0 Å². The fourth-order valence-electron chi connectivity index (χ4n) is 1.86. The first-order valence-electron chi connectivity index (χ1n) is 6.45. The molecule has 0 spiro atoms. The Morgan fingerprint density at radius 3 is 3.16 bits per heavy atom. The second kappa shape index (κ2) is 7.85. The van der Waals surface area contributed by atoms with Crippen molar-refractivity contribution >= 4 is 28.8 Å². The lowest BCUT2D eigenvalue weighted by atomic mass is 10.1. The third kappa shape index (κ3) is 5.10. The van der Waals surface area contributed by atoms with Gasteiger partial charge in [-0.2, -0.15) is 0 Å². The smallest absolute Gasteiger partial charge is 0.261 e. The van der Waals surface area contributed by atoms with Crippen LogP contribution in [0.2, 0.25) is 4.34 Å². The molecule has 1 fully saturated rings. The first kappa shape index (κ1) is 14.8. The van der Waals surface area contributed by atoms with E-state index in [1.165, 1.54) is 11.3 Å². The maximum atomic E-state index is 11.7. The van der Waals surface area contributed by atoms with E-state index < -0.39 is 0 Å². The minimum Gasteiger partial charge on any atom is -0.381 e. The van der Waals surface area contributed by atoms with E-state index in [0.717, 1.165) is 32.7 Å². The molecule has 1 aromatic rings. The van der Waals surface area contributed by atoms with E-state index >= 15 is 0 Å². The summed E-state index contributed by atoms with van der Waals surface area (Å²) in [5.41, 5.74) is 0. The van der Waals surface area contributed by atoms with E-state index in [0.29, 0.717) is 28.3 Å². The quantitative estimate of drug-likeness (QED) is 0.788. The highest BCUT2D eigenvalue weighted by atomic mass is 35.5. The number of hydrogen-bond acceptors (Lipinski definition) is 4. The Labute approximate surface area is 122 Å². The lowest BCUT2D eigenvalue weighted by molar-refractivity contribution is 0.0855. The number of halogens is 1. The van der Waals surface area contributed by atoms with Gasteiger partial charge in [-0.3, -0.25) is 4.79 Å². The van der Waals surface area contributed by atoms with Crippen LogP contribution in [-0.4, -0.2) is 38.9 Å². The van der Waals surface area contributed by atoms with Gasteiger partial charge in [0, 0.05) is 25.7 Å². The number of thiophene rings is 1. The van der Waals surface area contributed by atoms with E-state index in [1.54, 1.807) is 12.1 Å². The monoisotopic (exact) mass is 303 g/mol. The minimum absolute atomic E-state index is 0.0684. The van der Waals surface area contributed by atoms with E-state index in [1.807, 2.05) is 0 Å². The number of amides is 1. The average molecular weight is 304 g/mol. The van der Waals surface area contributed by atoms with Gasteiger partial charge < -0.3 is 14.8 Å². The van der Waals surface area contributed by atoms with Crippen LogP contribution in [0.4, 0.5) is 0 Å². The molecule has 1 aliphatic rings. The van der Waals surface area contributed by atoms with Gasteiger partial charge in [0.1, 0.15) is 0 Å². The molecule has 1 unspecified atom stereocenters. The number of carbonyl (C=O) groups is 1. The molecule has 0 saturated carbocycles. The molecule has 0 aromatic carbocycles. The summed E-state index contributed by atoms with van der Waals surface area (Å²) in [6, 6.07) is 3.47. The van der Waals surface area contributed by atoms with E-state index in [4.69, 9.17) is 21.1 Å². The van der Waals surface area contributed by atoms with Crippen molar-refractivity contribution in [2.24, 2.45) is 5.92 Å². The van der Waals surface area contributed by atoms with Crippen molar-refractivity contribution in [3.05, 3.63) is 21.3 Å². The first-order chi connectivity index (χ1) is 9.25. The van der Waals surface area contributed by atoms with Crippen LogP contribution in [0.3, 0.4) is 0 Å². The van der Waals surface area contributed by atoms with Crippen LogP contribution in [-0.2, 0) is 9.47 Å². The van der Waals surface area contributed by atoms with Gasteiger partial charge >= 0.3 is 0 Å². The standard InChI is InChI=1S/C13H18ClNO3S/c14-12-3-2-11(19-12)13(16)15-5-1-6-17-8-10-4-7-18-9-10/h2-3,10H,1,4-9H2,(H,15,16). The molecule has 19 heavy (non-hydrogen) atoms. The van der Waals surface area contributed by atoms with Crippen LogP contribution in [0.15, 0.2) is 12.1 Å². The van der Waals surface area contributed by atoms with E-state index in [9.17, 15) is 4.79 Å². The number of nitrogens with one attached hydrogen (secondary N) is 1. The maximum Gasteiger partial charge on any atom is 0.261 e. The molecule has 1 saturated heterocycles. The summed E-state index contributed by atoms with van der Waals surface area (Å²) >= 11 is 7.07. The predicted octanol–water partition coefficient (Wildman–Crippen LogP) is 2.57. The van der Waals surface area contributed by atoms with Gasteiger partial charge in [0.25, 0.3) is 5.91 Å². The highest BCUT2D eigenvalue weighted by Gasteiger charge is 2.15. The van der Waals surface area contributed by atoms with E-state index in [-0.39, 0.29) is 5.91 Å². The van der Waals surface area contributed by atoms with Gasteiger partial charge in [-0.15, -0.1) is 11.3 Å². The maximum absolute atomic E-state index is 11.7. The molecular weight excluding hydrogens is 286 g/mol. The van der Waals surface area contributed by atoms with Crippen molar-refractivity contribution in [3.63, 3.8) is 0 Å². The normalized spacial score (nSPS) is 18.7. The number of rotatable bonds is 7. The fourth-order valence-corrected chi connectivity index (χ4v) is 2.82. The largest absolute Gasteiger partial charge is 0.381 e. The fraction of sp³-hybridized carbons (Fsp3) is 0.615. The first-order valence-corrected chi connectivity index (χ1v) is 7.64. The van der Waals surface area contributed by atoms with Gasteiger partial charge in [-0.05, 0) is 25.0 Å². The SMILES string of the molecule is O=C(NCCCOCC1CCOC1)c1ccc(Cl)s1. The van der Waals surface area contributed by atoms with Gasteiger partial charge in [0.2, 0.25) is 0 Å². The number of carbonyl (C=O) groups excluding carboxylic acids is 1. The van der Waals surface area contributed by atoms with Crippen LogP contribution in [0, 0.1) is 5.92 Å². The molecule has 0 aliphatic carbocycles. The Morgan fingerprint density at radius 2 is 2.47 bits per heavy atom. The summed E-state index contributed by atoms with van der Waals surface area (Å²) in [5.74, 6) is 0.476. The number of ether oxygens (including phenoxy) is 2. The van der Waals surface area contributed by atoms with Crippen LogP contribution >= 0.6 is 22.9 Å². The molecule has 1 amide bonds. The Bertz CT molecular complexity index is 404. The lowest BCUT2D eigenvalue weighted by Crippen LogP contribution is -2.24. The Balaban J connectivity index is 1.50. The van der Waals surface area contributed by atoms with Crippen LogP contribution < -0.4 is 5.32 Å². The van der Waals surface area contributed by atoms with Gasteiger partial charge in [0.05, 0.1) is 22.4 Å². The summed E-state index contributed by atoms with van der Waals surface area (Å²) in [6.07, 6.45) is 1.91. The van der Waals surface area contributed by atoms with Crippen molar-refractivity contribution in [1.82, 2.24) is 5.32 Å². The predicted molar refractivity (Wildman–Crippen MR) is 76.0 cm³/mol. The highest BCUT2D eigenvalue weighted by Crippen LogP contribution is 2.21. The summed E-state index contributed by atoms with van der Waals surface area (Å²) in [6.45, 7) is 3.72. The molecule has 106 valence electrons. The Kier molecular flexibility index (Phi) is 6.10. The summed E-state index contributed by atoms with van der Waals surface area (Å²) in [4.78, 5) is 12.3. The lowest BCUT2D eigenvalue weighted by Gasteiger charge is -2.08. The molecule has 4 nitrogen and oxygen atoms in total. The summed E-state index contributed by atoms with van der Waals surface area (Å²) in [7, 11) is 0. The van der Waals surface area contributed by atoms with Crippen molar-refractivity contribution in [3.8, 4) is 0 Å². The summed E-state index contributed by atoms with van der Waals surface area (Å²) in [5, 5.41) is 2.85. The Morgan fingerprint density at radius 1 is 1.58 bits per heavy atom. The zero-order chi connectivity index (χ0) is 13.5. The molecule has 1 aromatic heterocycles.